The van der Waals surface area contributed by atoms with E-state index in [4.69, 9.17) is 0 Å². The molecule has 0 saturated heterocycles. The predicted octanol–water partition coefficient (Wildman–Crippen LogP) is 4.31. The zero-order valence-electron chi connectivity index (χ0n) is 11.7. The highest BCUT2D eigenvalue weighted by molar-refractivity contribution is 5.75. The molecule has 4 heteroatoms. The van der Waals surface area contributed by atoms with E-state index in [1.54, 1.807) is 12.1 Å². The summed E-state index contributed by atoms with van der Waals surface area (Å²) in [6, 6.07) is 16.3. The molecule has 106 valence electrons. The largest absolute Gasteiger partial charge is 0.369 e. The van der Waals surface area contributed by atoms with Gasteiger partial charge in [0.05, 0.1) is 5.69 Å². The zero-order valence-corrected chi connectivity index (χ0v) is 11.7. The molecule has 1 aromatic heterocycles. The van der Waals surface area contributed by atoms with Crippen LogP contribution in [0.15, 0.2) is 54.6 Å². The number of nitrogens with zero attached hydrogens (tertiary/aromatic N) is 1. The van der Waals surface area contributed by atoms with E-state index in [-0.39, 0.29) is 5.82 Å². The summed E-state index contributed by atoms with van der Waals surface area (Å²) in [4.78, 5) is 7.91. The summed E-state index contributed by atoms with van der Waals surface area (Å²) in [6.07, 6.45) is 0. The molecule has 3 nitrogen and oxygen atoms in total. The van der Waals surface area contributed by atoms with E-state index < -0.39 is 0 Å². The van der Waals surface area contributed by atoms with Crippen molar-refractivity contribution in [2.75, 3.05) is 11.9 Å². The van der Waals surface area contributed by atoms with Gasteiger partial charge in [-0.25, -0.2) is 9.37 Å². The maximum atomic E-state index is 13.0. The molecular formula is C17H16FN3. The van der Waals surface area contributed by atoms with Gasteiger partial charge < -0.3 is 10.3 Å². The van der Waals surface area contributed by atoms with Crippen LogP contribution in [0.2, 0.25) is 0 Å². The maximum Gasteiger partial charge on any atom is 0.152 e. The average molecular weight is 281 g/mol. The maximum absolute atomic E-state index is 13.0. The Morgan fingerprint density at radius 3 is 2.38 bits per heavy atom. The Labute approximate surface area is 122 Å². The van der Waals surface area contributed by atoms with E-state index in [0.717, 1.165) is 35.0 Å². The van der Waals surface area contributed by atoms with Gasteiger partial charge >= 0.3 is 0 Å². The molecule has 3 rings (SSSR count). The van der Waals surface area contributed by atoms with Crippen LogP contribution < -0.4 is 5.32 Å². The van der Waals surface area contributed by atoms with Crippen LogP contribution in [0, 0.1) is 5.82 Å². The Bertz CT molecular complexity index is 718. The fourth-order valence-corrected chi connectivity index (χ4v) is 2.23. The highest BCUT2D eigenvalue weighted by Gasteiger charge is 2.12. The van der Waals surface area contributed by atoms with Crippen molar-refractivity contribution in [3.63, 3.8) is 0 Å². The summed E-state index contributed by atoms with van der Waals surface area (Å²) < 4.78 is 13.0. The molecule has 1 heterocycles. The second kappa shape index (κ2) is 5.79. The molecule has 0 aliphatic heterocycles. The lowest BCUT2D eigenvalue weighted by molar-refractivity contribution is 0.628. The number of aromatic nitrogens is 2. The van der Waals surface area contributed by atoms with Gasteiger partial charge in [0.25, 0.3) is 0 Å². The fraction of sp³-hybridized carbons (Fsp3) is 0.118. The summed E-state index contributed by atoms with van der Waals surface area (Å²) in [6.45, 7) is 2.81. The summed E-state index contributed by atoms with van der Waals surface area (Å²) in [5.74, 6) is 1.29. The fourth-order valence-electron chi connectivity index (χ4n) is 2.23. The van der Waals surface area contributed by atoms with Crippen LogP contribution in [-0.4, -0.2) is 16.5 Å². The molecule has 0 fully saturated rings. The summed E-state index contributed by atoms with van der Waals surface area (Å²) in [7, 11) is 0. The number of H-pyrrole nitrogens is 1. The molecule has 0 spiro atoms. The van der Waals surface area contributed by atoms with Crippen LogP contribution >= 0.6 is 0 Å². The molecule has 0 bridgehead atoms. The molecule has 0 saturated carbocycles. The molecule has 21 heavy (non-hydrogen) atoms. The van der Waals surface area contributed by atoms with Crippen molar-refractivity contribution in [2.24, 2.45) is 0 Å². The minimum absolute atomic E-state index is 0.250. The van der Waals surface area contributed by atoms with Gasteiger partial charge in [-0.15, -0.1) is 0 Å². The van der Waals surface area contributed by atoms with Crippen molar-refractivity contribution in [2.45, 2.75) is 6.92 Å². The molecule has 3 aromatic rings. The smallest absolute Gasteiger partial charge is 0.152 e. The minimum Gasteiger partial charge on any atom is -0.369 e. The normalized spacial score (nSPS) is 10.6. The van der Waals surface area contributed by atoms with Gasteiger partial charge in [0.15, 0.2) is 5.82 Å². The van der Waals surface area contributed by atoms with E-state index in [2.05, 4.69) is 15.3 Å². The highest BCUT2D eigenvalue weighted by Crippen LogP contribution is 2.29. The van der Waals surface area contributed by atoms with Gasteiger partial charge in [-0.1, -0.05) is 30.3 Å². The monoisotopic (exact) mass is 281 g/mol. The van der Waals surface area contributed by atoms with Crippen molar-refractivity contribution in [3.05, 3.63) is 60.4 Å². The van der Waals surface area contributed by atoms with Gasteiger partial charge in [0, 0.05) is 17.7 Å². The third-order valence-corrected chi connectivity index (χ3v) is 3.23. The van der Waals surface area contributed by atoms with Gasteiger partial charge in [-0.05, 0) is 31.2 Å². The highest BCUT2D eigenvalue weighted by atomic mass is 19.1. The number of imidazole rings is 1. The summed E-state index contributed by atoms with van der Waals surface area (Å²) >= 11 is 0. The number of anilines is 1. The quantitative estimate of drug-likeness (QED) is 0.748. The molecule has 0 aliphatic carbocycles. The number of halogens is 1. The Kier molecular flexibility index (Phi) is 3.69. The summed E-state index contributed by atoms with van der Waals surface area (Å²) in [5, 5.41) is 3.26. The van der Waals surface area contributed by atoms with Crippen LogP contribution in [0.4, 0.5) is 10.2 Å². The number of aromatic amines is 1. The van der Waals surface area contributed by atoms with E-state index in [0.29, 0.717) is 0 Å². The first-order chi connectivity index (χ1) is 10.3. The number of rotatable bonds is 4. The molecule has 0 amide bonds. The van der Waals surface area contributed by atoms with Gasteiger partial charge in [-0.2, -0.15) is 0 Å². The molecule has 2 N–H and O–H groups in total. The van der Waals surface area contributed by atoms with Crippen LogP contribution in [0.25, 0.3) is 22.6 Å². The lowest BCUT2D eigenvalue weighted by Gasteiger charge is -2.02. The SMILES string of the molecule is CCNc1nc(-c2ccc(F)cc2)[nH]c1-c1ccccc1. The van der Waals surface area contributed by atoms with E-state index >= 15 is 0 Å². The predicted molar refractivity (Wildman–Crippen MR) is 83.6 cm³/mol. The number of benzene rings is 2. The van der Waals surface area contributed by atoms with Crippen molar-refractivity contribution < 1.29 is 4.39 Å². The van der Waals surface area contributed by atoms with E-state index in [1.165, 1.54) is 12.1 Å². The lowest BCUT2D eigenvalue weighted by atomic mass is 10.1. The molecule has 0 atom stereocenters. The first kappa shape index (κ1) is 13.4. The van der Waals surface area contributed by atoms with E-state index in [9.17, 15) is 4.39 Å². The first-order valence-electron chi connectivity index (χ1n) is 6.93. The van der Waals surface area contributed by atoms with Crippen LogP contribution in [0.5, 0.6) is 0 Å². The molecule has 0 aliphatic rings. The van der Waals surface area contributed by atoms with Crippen LogP contribution in [0.3, 0.4) is 0 Å². The number of hydrogen-bond donors (Lipinski definition) is 2. The van der Waals surface area contributed by atoms with Crippen molar-refractivity contribution in [1.29, 1.82) is 0 Å². The van der Waals surface area contributed by atoms with Gasteiger partial charge in [-0.3, -0.25) is 0 Å². The second-order valence-electron chi connectivity index (χ2n) is 4.71. The third kappa shape index (κ3) is 2.79. The first-order valence-corrected chi connectivity index (χ1v) is 6.93. The second-order valence-corrected chi connectivity index (χ2v) is 4.71. The third-order valence-electron chi connectivity index (χ3n) is 3.23. The number of hydrogen-bond acceptors (Lipinski definition) is 2. The van der Waals surface area contributed by atoms with Crippen LogP contribution in [0.1, 0.15) is 6.92 Å². The Morgan fingerprint density at radius 2 is 1.71 bits per heavy atom. The molecule has 2 aromatic carbocycles. The zero-order chi connectivity index (χ0) is 14.7. The standard InChI is InChI=1S/C17H16FN3/c1-2-19-17-15(12-6-4-3-5-7-12)20-16(21-17)13-8-10-14(18)11-9-13/h3-11,19H,2H2,1H3,(H,20,21). The lowest BCUT2D eigenvalue weighted by Crippen LogP contribution is -1.98. The minimum atomic E-state index is -0.250. The Balaban J connectivity index is 2.06. The van der Waals surface area contributed by atoms with E-state index in [1.807, 2.05) is 37.3 Å². The topological polar surface area (TPSA) is 40.7 Å². The Morgan fingerprint density at radius 1 is 1.00 bits per heavy atom. The van der Waals surface area contributed by atoms with Crippen molar-refractivity contribution >= 4 is 5.82 Å². The van der Waals surface area contributed by atoms with Gasteiger partial charge in [0.1, 0.15) is 11.6 Å². The number of nitrogens with one attached hydrogen (secondary N) is 2. The average Bonchev–Trinajstić information content (AvgIpc) is 2.93. The van der Waals surface area contributed by atoms with Crippen molar-refractivity contribution in [3.8, 4) is 22.6 Å². The molecule has 0 radical (unpaired) electrons. The molecular weight excluding hydrogens is 265 g/mol. The molecule has 0 unspecified atom stereocenters. The van der Waals surface area contributed by atoms with Crippen LogP contribution in [-0.2, 0) is 0 Å². The van der Waals surface area contributed by atoms with Crippen molar-refractivity contribution in [1.82, 2.24) is 9.97 Å². The summed E-state index contributed by atoms with van der Waals surface area (Å²) in [5.41, 5.74) is 2.86. The Hall–Kier alpha value is -2.62. The van der Waals surface area contributed by atoms with Gasteiger partial charge in [0.2, 0.25) is 0 Å².